The maximum atomic E-state index is 3.55. The van der Waals surface area contributed by atoms with E-state index in [4.69, 9.17) is 0 Å². The average molecular weight is 233 g/mol. The molecule has 17 heavy (non-hydrogen) atoms. The number of nitrogens with one attached hydrogen (secondary N) is 1. The van der Waals surface area contributed by atoms with Gasteiger partial charge in [0.1, 0.15) is 0 Å². The van der Waals surface area contributed by atoms with Gasteiger partial charge in [-0.15, -0.1) is 0 Å². The third-order valence-corrected chi connectivity index (χ3v) is 3.41. The molecule has 0 aliphatic heterocycles. The highest BCUT2D eigenvalue weighted by molar-refractivity contribution is 5.30. The lowest BCUT2D eigenvalue weighted by Gasteiger charge is -2.19. The van der Waals surface area contributed by atoms with Crippen molar-refractivity contribution in [2.45, 2.75) is 53.5 Å². The summed E-state index contributed by atoms with van der Waals surface area (Å²) in [5.74, 6) is 0.748. The Morgan fingerprint density at radius 3 is 2.47 bits per heavy atom. The first-order valence-corrected chi connectivity index (χ1v) is 6.82. The monoisotopic (exact) mass is 233 g/mol. The second-order valence-electron chi connectivity index (χ2n) is 5.47. The van der Waals surface area contributed by atoms with Crippen molar-refractivity contribution >= 4 is 0 Å². The van der Waals surface area contributed by atoms with Crippen LogP contribution < -0.4 is 5.32 Å². The lowest BCUT2D eigenvalue weighted by atomic mass is 9.93. The molecule has 0 saturated carbocycles. The molecule has 96 valence electrons. The summed E-state index contributed by atoms with van der Waals surface area (Å²) < 4.78 is 0. The smallest absolute Gasteiger partial charge is 0.00104 e. The summed E-state index contributed by atoms with van der Waals surface area (Å²) in [6.07, 6.45) is 2.44. The van der Waals surface area contributed by atoms with Crippen molar-refractivity contribution in [3.05, 3.63) is 34.9 Å². The lowest BCUT2D eigenvalue weighted by molar-refractivity contribution is 0.435. The van der Waals surface area contributed by atoms with Gasteiger partial charge in [0.05, 0.1) is 0 Å². The molecule has 0 radical (unpaired) electrons. The van der Waals surface area contributed by atoms with Crippen molar-refractivity contribution in [1.29, 1.82) is 0 Å². The van der Waals surface area contributed by atoms with Crippen LogP contribution in [0.4, 0.5) is 0 Å². The van der Waals surface area contributed by atoms with Gasteiger partial charge < -0.3 is 5.32 Å². The van der Waals surface area contributed by atoms with Gasteiger partial charge in [0.15, 0.2) is 0 Å². The zero-order valence-corrected chi connectivity index (χ0v) is 12.0. The Kier molecular flexibility index (Phi) is 5.70. The van der Waals surface area contributed by atoms with Crippen LogP contribution in [0.25, 0.3) is 0 Å². The molecular formula is C16H27N. The molecule has 1 unspecified atom stereocenters. The van der Waals surface area contributed by atoms with E-state index in [1.54, 1.807) is 0 Å². The van der Waals surface area contributed by atoms with Crippen LogP contribution in [0.5, 0.6) is 0 Å². The predicted molar refractivity (Wildman–Crippen MR) is 76.5 cm³/mol. The Balaban J connectivity index is 2.63. The Labute approximate surface area is 107 Å². The summed E-state index contributed by atoms with van der Waals surface area (Å²) in [5, 5.41) is 3.55. The number of aryl methyl sites for hydroxylation is 2. The Hall–Kier alpha value is -0.820. The normalized spacial score (nSPS) is 13.1. The zero-order chi connectivity index (χ0) is 12.8. The van der Waals surface area contributed by atoms with Crippen molar-refractivity contribution in [2.24, 2.45) is 5.92 Å². The molecule has 0 aliphatic carbocycles. The van der Waals surface area contributed by atoms with E-state index < -0.39 is 0 Å². The third-order valence-electron chi connectivity index (χ3n) is 3.41. The van der Waals surface area contributed by atoms with E-state index in [0.717, 1.165) is 12.5 Å². The first-order chi connectivity index (χ1) is 8.02. The topological polar surface area (TPSA) is 12.0 Å². The van der Waals surface area contributed by atoms with Gasteiger partial charge in [-0.25, -0.2) is 0 Å². The molecule has 0 heterocycles. The van der Waals surface area contributed by atoms with Crippen LogP contribution in [0, 0.1) is 19.8 Å². The largest absolute Gasteiger partial charge is 0.314 e. The van der Waals surface area contributed by atoms with E-state index in [-0.39, 0.29) is 0 Å². The number of hydrogen-bond donors (Lipinski definition) is 1. The van der Waals surface area contributed by atoms with Crippen LogP contribution in [-0.2, 0) is 6.42 Å². The van der Waals surface area contributed by atoms with Gasteiger partial charge in [-0.2, -0.15) is 0 Å². The van der Waals surface area contributed by atoms with Crippen molar-refractivity contribution in [2.75, 3.05) is 6.54 Å². The Bertz CT molecular complexity index is 341. The van der Waals surface area contributed by atoms with Gasteiger partial charge in [0.25, 0.3) is 0 Å². The molecule has 0 fully saturated rings. The molecule has 1 nitrogen and oxygen atoms in total. The molecule has 0 spiro atoms. The minimum Gasteiger partial charge on any atom is -0.314 e. The molecule has 0 aromatic heterocycles. The molecule has 0 amide bonds. The Morgan fingerprint density at radius 2 is 1.88 bits per heavy atom. The van der Waals surface area contributed by atoms with Crippen LogP contribution in [0.2, 0.25) is 0 Å². The second kappa shape index (κ2) is 6.80. The highest BCUT2D eigenvalue weighted by atomic mass is 14.9. The fourth-order valence-corrected chi connectivity index (χ4v) is 2.09. The van der Waals surface area contributed by atoms with Crippen LogP contribution in [0.15, 0.2) is 18.2 Å². The minimum atomic E-state index is 0.586. The SMILES string of the molecule is CCC(CNC(C)C)Cc1cc(C)ccc1C. The van der Waals surface area contributed by atoms with E-state index in [9.17, 15) is 0 Å². The van der Waals surface area contributed by atoms with E-state index in [0.29, 0.717) is 6.04 Å². The van der Waals surface area contributed by atoms with E-state index in [1.807, 2.05) is 0 Å². The highest BCUT2D eigenvalue weighted by Gasteiger charge is 2.09. The van der Waals surface area contributed by atoms with Gasteiger partial charge in [-0.05, 0) is 43.9 Å². The van der Waals surface area contributed by atoms with Crippen LogP contribution in [0.1, 0.15) is 43.9 Å². The molecule has 1 N–H and O–H groups in total. The summed E-state index contributed by atoms with van der Waals surface area (Å²) in [5.41, 5.74) is 4.32. The maximum absolute atomic E-state index is 3.55. The van der Waals surface area contributed by atoms with Crippen molar-refractivity contribution < 1.29 is 0 Å². The number of hydrogen-bond acceptors (Lipinski definition) is 1. The zero-order valence-electron chi connectivity index (χ0n) is 12.0. The number of benzene rings is 1. The van der Waals surface area contributed by atoms with E-state index >= 15 is 0 Å². The van der Waals surface area contributed by atoms with Gasteiger partial charge in [-0.1, -0.05) is 51.0 Å². The molecule has 0 bridgehead atoms. The molecule has 1 rings (SSSR count). The average Bonchev–Trinajstić information content (AvgIpc) is 2.28. The first-order valence-electron chi connectivity index (χ1n) is 6.82. The minimum absolute atomic E-state index is 0.586. The molecule has 0 saturated heterocycles. The first kappa shape index (κ1) is 14.2. The number of rotatable bonds is 6. The van der Waals surface area contributed by atoms with Crippen LogP contribution >= 0.6 is 0 Å². The summed E-state index contributed by atoms with van der Waals surface area (Å²) in [4.78, 5) is 0. The van der Waals surface area contributed by atoms with Crippen molar-refractivity contribution in [1.82, 2.24) is 5.32 Å². The van der Waals surface area contributed by atoms with Crippen molar-refractivity contribution in [3.8, 4) is 0 Å². The fourth-order valence-electron chi connectivity index (χ4n) is 2.09. The van der Waals surface area contributed by atoms with Gasteiger partial charge >= 0.3 is 0 Å². The third kappa shape index (κ3) is 4.91. The predicted octanol–water partition coefficient (Wildman–Crippen LogP) is 3.87. The quantitative estimate of drug-likeness (QED) is 0.786. The molecular weight excluding hydrogens is 206 g/mol. The highest BCUT2D eigenvalue weighted by Crippen LogP contribution is 2.17. The molecule has 1 aromatic carbocycles. The van der Waals surface area contributed by atoms with E-state index in [1.165, 1.54) is 29.5 Å². The standard InChI is InChI=1S/C16H27N/c1-6-15(11-17-12(2)3)10-16-9-13(4)7-8-14(16)5/h7-9,12,15,17H,6,10-11H2,1-5H3. The molecule has 1 heteroatoms. The fraction of sp³-hybridized carbons (Fsp3) is 0.625. The van der Waals surface area contributed by atoms with Crippen LogP contribution in [0.3, 0.4) is 0 Å². The summed E-state index contributed by atoms with van der Waals surface area (Å²) in [6, 6.07) is 7.37. The molecule has 1 aromatic rings. The summed E-state index contributed by atoms with van der Waals surface area (Å²) in [7, 11) is 0. The maximum Gasteiger partial charge on any atom is 0.00104 e. The van der Waals surface area contributed by atoms with Crippen molar-refractivity contribution in [3.63, 3.8) is 0 Å². The van der Waals surface area contributed by atoms with Gasteiger partial charge in [-0.3, -0.25) is 0 Å². The van der Waals surface area contributed by atoms with E-state index in [2.05, 4.69) is 58.1 Å². The Morgan fingerprint density at radius 1 is 1.18 bits per heavy atom. The van der Waals surface area contributed by atoms with Gasteiger partial charge in [0, 0.05) is 6.04 Å². The summed E-state index contributed by atoms with van der Waals surface area (Å²) >= 11 is 0. The second-order valence-corrected chi connectivity index (χ2v) is 5.47. The lowest BCUT2D eigenvalue weighted by Crippen LogP contribution is -2.29. The van der Waals surface area contributed by atoms with Gasteiger partial charge in [0.2, 0.25) is 0 Å². The molecule has 0 aliphatic rings. The summed E-state index contributed by atoms with van der Waals surface area (Å²) in [6.45, 7) is 12.2. The molecule has 1 atom stereocenters. The van der Waals surface area contributed by atoms with Crippen LogP contribution in [-0.4, -0.2) is 12.6 Å².